The lowest BCUT2D eigenvalue weighted by Gasteiger charge is -2.17. The molecule has 128 valence electrons. The molecular formula is C17H19FN2O3S. The van der Waals surface area contributed by atoms with Crippen molar-refractivity contribution in [2.45, 2.75) is 38.6 Å². The van der Waals surface area contributed by atoms with E-state index in [1.54, 1.807) is 11.3 Å². The second-order valence-electron chi connectivity index (χ2n) is 5.48. The standard InChI is InChI=1S/C17H19FN2O3S/c1-11-19-14(10-24-11)3-2-4-16(21)20-15(9-17(22)23)12-5-7-13(18)8-6-12/h5-8,10,15H,2-4,9H2,1H3,(H,20,21)(H,22,23). The summed E-state index contributed by atoms with van der Waals surface area (Å²) >= 11 is 1.57. The molecule has 24 heavy (non-hydrogen) atoms. The van der Waals surface area contributed by atoms with Crippen LogP contribution in [0.4, 0.5) is 4.39 Å². The SMILES string of the molecule is Cc1nc(CCCC(=O)NC(CC(=O)O)c2ccc(F)cc2)cs1. The predicted octanol–water partition coefficient (Wildman–Crippen LogP) is 3.25. The molecule has 1 atom stereocenters. The van der Waals surface area contributed by atoms with E-state index in [4.69, 9.17) is 5.11 Å². The van der Waals surface area contributed by atoms with Gasteiger partial charge in [0.2, 0.25) is 5.91 Å². The number of halogens is 1. The summed E-state index contributed by atoms with van der Waals surface area (Å²) < 4.78 is 13.0. The molecule has 0 bridgehead atoms. The Morgan fingerprint density at radius 1 is 1.33 bits per heavy atom. The molecule has 0 aliphatic carbocycles. The van der Waals surface area contributed by atoms with Crippen LogP contribution in [0.2, 0.25) is 0 Å². The molecular weight excluding hydrogens is 331 g/mol. The Kier molecular flexibility index (Phi) is 6.43. The van der Waals surface area contributed by atoms with E-state index in [2.05, 4.69) is 10.3 Å². The van der Waals surface area contributed by atoms with Crippen molar-refractivity contribution in [2.24, 2.45) is 0 Å². The lowest BCUT2D eigenvalue weighted by Crippen LogP contribution is -2.30. The molecule has 1 amide bonds. The van der Waals surface area contributed by atoms with Crippen molar-refractivity contribution in [3.05, 3.63) is 51.7 Å². The van der Waals surface area contributed by atoms with Gasteiger partial charge in [-0.15, -0.1) is 11.3 Å². The van der Waals surface area contributed by atoms with Crippen LogP contribution in [0.15, 0.2) is 29.6 Å². The lowest BCUT2D eigenvalue weighted by molar-refractivity contribution is -0.137. The van der Waals surface area contributed by atoms with Gasteiger partial charge in [-0.05, 0) is 37.5 Å². The average molecular weight is 350 g/mol. The highest BCUT2D eigenvalue weighted by molar-refractivity contribution is 7.09. The molecule has 0 saturated heterocycles. The number of aliphatic carboxylic acids is 1. The summed E-state index contributed by atoms with van der Waals surface area (Å²) in [7, 11) is 0. The Morgan fingerprint density at radius 2 is 2.04 bits per heavy atom. The minimum Gasteiger partial charge on any atom is -0.481 e. The monoisotopic (exact) mass is 350 g/mol. The lowest BCUT2D eigenvalue weighted by atomic mass is 10.0. The number of benzene rings is 1. The van der Waals surface area contributed by atoms with Crippen molar-refractivity contribution in [3.63, 3.8) is 0 Å². The minimum absolute atomic E-state index is 0.225. The van der Waals surface area contributed by atoms with Gasteiger partial charge in [-0.3, -0.25) is 9.59 Å². The number of carbonyl (C=O) groups excluding carboxylic acids is 1. The Bertz CT molecular complexity index is 700. The van der Waals surface area contributed by atoms with Crippen LogP contribution in [0.25, 0.3) is 0 Å². The summed E-state index contributed by atoms with van der Waals surface area (Å²) in [5.41, 5.74) is 1.54. The van der Waals surface area contributed by atoms with E-state index in [-0.39, 0.29) is 18.7 Å². The third-order valence-corrected chi connectivity index (χ3v) is 4.31. The molecule has 0 aliphatic rings. The van der Waals surface area contributed by atoms with Crippen molar-refractivity contribution in [3.8, 4) is 0 Å². The van der Waals surface area contributed by atoms with Gasteiger partial charge in [0.05, 0.1) is 23.2 Å². The molecule has 2 N–H and O–H groups in total. The van der Waals surface area contributed by atoms with Crippen molar-refractivity contribution in [2.75, 3.05) is 0 Å². The number of carbonyl (C=O) groups is 2. The second kappa shape index (κ2) is 8.54. The number of carboxylic acids is 1. The molecule has 1 aromatic heterocycles. The quantitative estimate of drug-likeness (QED) is 0.766. The normalized spacial score (nSPS) is 11.9. The van der Waals surface area contributed by atoms with Crippen LogP contribution < -0.4 is 5.32 Å². The molecule has 1 heterocycles. The number of nitrogens with zero attached hydrogens (tertiary/aromatic N) is 1. The zero-order valence-corrected chi connectivity index (χ0v) is 14.1. The molecule has 0 aliphatic heterocycles. The molecule has 0 spiro atoms. The molecule has 0 saturated carbocycles. The highest BCUT2D eigenvalue weighted by Gasteiger charge is 2.18. The topological polar surface area (TPSA) is 79.3 Å². The van der Waals surface area contributed by atoms with E-state index in [9.17, 15) is 14.0 Å². The second-order valence-corrected chi connectivity index (χ2v) is 6.54. The van der Waals surface area contributed by atoms with E-state index < -0.39 is 17.8 Å². The molecule has 5 nitrogen and oxygen atoms in total. The first-order valence-electron chi connectivity index (χ1n) is 7.61. The maximum Gasteiger partial charge on any atom is 0.305 e. The molecule has 0 radical (unpaired) electrons. The van der Waals surface area contributed by atoms with Crippen LogP contribution in [0.3, 0.4) is 0 Å². The van der Waals surface area contributed by atoms with Crippen molar-refractivity contribution >= 4 is 23.2 Å². The summed E-state index contributed by atoms with van der Waals surface area (Å²) in [5, 5.41) is 14.7. The number of aromatic nitrogens is 1. The fourth-order valence-corrected chi connectivity index (χ4v) is 2.99. The third-order valence-electron chi connectivity index (χ3n) is 3.49. The Labute approximate surface area is 143 Å². The number of nitrogens with one attached hydrogen (secondary N) is 1. The van der Waals surface area contributed by atoms with Crippen molar-refractivity contribution in [1.82, 2.24) is 10.3 Å². The van der Waals surface area contributed by atoms with Gasteiger partial charge in [0.15, 0.2) is 0 Å². The summed E-state index contributed by atoms with van der Waals surface area (Å²) in [6, 6.07) is 4.81. The average Bonchev–Trinajstić information content (AvgIpc) is 2.92. The van der Waals surface area contributed by atoms with Crippen molar-refractivity contribution in [1.29, 1.82) is 0 Å². The van der Waals surface area contributed by atoms with Crippen molar-refractivity contribution < 1.29 is 19.1 Å². The Hall–Kier alpha value is -2.28. The number of carboxylic acid groups (broad SMARTS) is 1. The Morgan fingerprint density at radius 3 is 2.62 bits per heavy atom. The summed E-state index contributed by atoms with van der Waals surface area (Å²) in [6.45, 7) is 1.93. The number of rotatable bonds is 8. The van der Waals surface area contributed by atoms with Gasteiger partial charge >= 0.3 is 5.97 Å². The first-order chi connectivity index (χ1) is 11.4. The number of amides is 1. The molecule has 7 heteroatoms. The highest BCUT2D eigenvalue weighted by atomic mass is 32.1. The number of hydrogen-bond acceptors (Lipinski definition) is 4. The van der Waals surface area contributed by atoms with E-state index in [1.807, 2.05) is 12.3 Å². The molecule has 1 unspecified atom stereocenters. The summed E-state index contributed by atoms with van der Waals surface area (Å²) in [6.07, 6.45) is 1.38. The molecule has 2 aromatic rings. The predicted molar refractivity (Wildman–Crippen MR) is 89.3 cm³/mol. The number of hydrogen-bond donors (Lipinski definition) is 2. The van der Waals surface area contributed by atoms with Crippen LogP contribution in [-0.2, 0) is 16.0 Å². The molecule has 2 rings (SSSR count). The maximum absolute atomic E-state index is 13.0. The van der Waals surface area contributed by atoms with Crippen LogP contribution in [0.5, 0.6) is 0 Å². The van der Waals surface area contributed by atoms with Gasteiger partial charge in [0, 0.05) is 11.8 Å². The molecule has 0 fully saturated rings. The van der Waals surface area contributed by atoms with E-state index in [1.165, 1.54) is 24.3 Å². The fourth-order valence-electron chi connectivity index (χ4n) is 2.34. The van der Waals surface area contributed by atoms with E-state index >= 15 is 0 Å². The number of thiazole rings is 1. The summed E-state index contributed by atoms with van der Waals surface area (Å²) in [4.78, 5) is 27.4. The van der Waals surface area contributed by atoms with Crippen LogP contribution >= 0.6 is 11.3 Å². The zero-order chi connectivity index (χ0) is 17.5. The minimum atomic E-state index is -1.03. The van der Waals surface area contributed by atoms with Crippen LogP contribution in [0, 0.1) is 12.7 Å². The van der Waals surface area contributed by atoms with Crippen LogP contribution in [-0.4, -0.2) is 22.0 Å². The third kappa shape index (κ3) is 5.73. The van der Waals surface area contributed by atoms with Crippen LogP contribution in [0.1, 0.15) is 41.6 Å². The number of aryl methyl sites for hydroxylation is 2. The Balaban J connectivity index is 1.89. The molecule has 1 aromatic carbocycles. The zero-order valence-electron chi connectivity index (χ0n) is 13.3. The van der Waals surface area contributed by atoms with E-state index in [0.29, 0.717) is 18.4 Å². The van der Waals surface area contributed by atoms with Gasteiger partial charge < -0.3 is 10.4 Å². The summed E-state index contributed by atoms with van der Waals surface area (Å²) in [5.74, 6) is -1.65. The largest absolute Gasteiger partial charge is 0.481 e. The van der Waals surface area contributed by atoms with E-state index in [0.717, 1.165) is 10.7 Å². The van der Waals surface area contributed by atoms with Gasteiger partial charge in [-0.1, -0.05) is 12.1 Å². The van der Waals surface area contributed by atoms with Gasteiger partial charge in [0.1, 0.15) is 5.82 Å². The first-order valence-corrected chi connectivity index (χ1v) is 8.49. The van der Waals surface area contributed by atoms with Gasteiger partial charge in [0.25, 0.3) is 0 Å². The highest BCUT2D eigenvalue weighted by Crippen LogP contribution is 2.18. The van der Waals surface area contributed by atoms with Gasteiger partial charge in [-0.2, -0.15) is 0 Å². The fraction of sp³-hybridized carbons (Fsp3) is 0.353. The maximum atomic E-state index is 13.0. The smallest absolute Gasteiger partial charge is 0.305 e. The van der Waals surface area contributed by atoms with Gasteiger partial charge in [-0.25, -0.2) is 9.37 Å². The first kappa shape index (κ1) is 18.1.